The van der Waals surface area contributed by atoms with Crippen molar-refractivity contribution in [1.82, 2.24) is 4.98 Å². The first-order chi connectivity index (χ1) is 10.2. The van der Waals surface area contributed by atoms with Crippen molar-refractivity contribution < 1.29 is 9.13 Å². The van der Waals surface area contributed by atoms with Gasteiger partial charge in [0.1, 0.15) is 11.6 Å². The maximum absolute atomic E-state index is 12.8. The third-order valence-corrected chi connectivity index (χ3v) is 3.55. The SMILES string of the molecule is Fc1ccc(CCOc2ccnc3c(Cl)cccc23)cc1. The molecule has 1 heterocycles. The monoisotopic (exact) mass is 301 g/mol. The number of ether oxygens (including phenoxy) is 1. The number of nitrogens with zero attached hydrogens (tertiary/aromatic N) is 1. The fourth-order valence-electron chi connectivity index (χ4n) is 2.17. The summed E-state index contributed by atoms with van der Waals surface area (Å²) in [5.74, 6) is 0.527. The van der Waals surface area contributed by atoms with E-state index < -0.39 is 0 Å². The Kier molecular flexibility index (Phi) is 4.02. The summed E-state index contributed by atoms with van der Waals surface area (Å²) in [7, 11) is 0. The maximum atomic E-state index is 12.8. The van der Waals surface area contributed by atoms with Crippen LogP contribution in [-0.4, -0.2) is 11.6 Å². The van der Waals surface area contributed by atoms with Crippen molar-refractivity contribution in [2.45, 2.75) is 6.42 Å². The van der Waals surface area contributed by atoms with Gasteiger partial charge in [0.25, 0.3) is 0 Å². The molecule has 0 aliphatic carbocycles. The van der Waals surface area contributed by atoms with E-state index in [-0.39, 0.29) is 5.82 Å². The van der Waals surface area contributed by atoms with Crippen LogP contribution in [0.15, 0.2) is 54.7 Å². The molecule has 0 amide bonds. The Hall–Kier alpha value is -2.13. The molecule has 0 aliphatic heterocycles. The molecular formula is C17H13ClFNO. The maximum Gasteiger partial charge on any atom is 0.130 e. The molecule has 1 aromatic heterocycles. The van der Waals surface area contributed by atoms with Crippen LogP contribution in [0.25, 0.3) is 10.9 Å². The van der Waals surface area contributed by atoms with Gasteiger partial charge in [-0.1, -0.05) is 29.8 Å². The molecule has 0 spiro atoms. The van der Waals surface area contributed by atoms with Crippen LogP contribution in [0.4, 0.5) is 4.39 Å². The molecule has 4 heteroatoms. The van der Waals surface area contributed by atoms with Gasteiger partial charge >= 0.3 is 0 Å². The van der Waals surface area contributed by atoms with Gasteiger partial charge in [0.05, 0.1) is 17.1 Å². The summed E-state index contributed by atoms with van der Waals surface area (Å²) in [5.41, 5.74) is 1.77. The Bertz CT molecular complexity index is 758. The van der Waals surface area contributed by atoms with Gasteiger partial charge in [-0.3, -0.25) is 4.98 Å². The van der Waals surface area contributed by atoms with Gasteiger partial charge in [-0.05, 0) is 35.9 Å². The second-order valence-electron chi connectivity index (χ2n) is 4.67. The highest BCUT2D eigenvalue weighted by molar-refractivity contribution is 6.35. The van der Waals surface area contributed by atoms with E-state index in [1.54, 1.807) is 24.4 Å². The zero-order valence-corrected chi connectivity index (χ0v) is 12.0. The number of para-hydroxylation sites is 1. The molecule has 3 aromatic rings. The van der Waals surface area contributed by atoms with Crippen LogP contribution >= 0.6 is 11.6 Å². The fraction of sp³-hybridized carbons (Fsp3) is 0.118. The predicted molar refractivity (Wildman–Crippen MR) is 82.4 cm³/mol. The quantitative estimate of drug-likeness (QED) is 0.700. The summed E-state index contributed by atoms with van der Waals surface area (Å²) in [6.45, 7) is 0.511. The second kappa shape index (κ2) is 6.10. The van der Waals surface area contributed by atoms with Crippen molar-refractivity contribution in [3.05, 3.63) is 71.1 Å². The number of aromatic nitrogens is 1. The van der Waals surface area contributed by atoms with E-state index in [9.17, 15) is 4.39 Å². The van der Waals surface area contributed by atoms with Crippen LogP contribution in [0.3, 0.4) is 0 Å². The smallest absolute Gasteiger partial charge is 0.130 e. The molecule has 21 heavy (non-hydrogen) atoms. The van der Waals surface area contributed by atoms with Crippen molar-refractivity contribution in [2.75, 3.05) is 6.61 Å². The fourth-order valence-corrected chi connectivity index (χ4v) is 2.39. The Balaban J connectivity index is 1.73. The van der Waals surface area contributed by atoms with Gasteiger partial charge in [-0.2, -0.15) is 0 Å². The summed E-state index contributed by atoms with van der Waals surface area (Å²) in [4.78, 5) is 4.26. The molecular weight excluding hydrogens is 289 g/mol. The van der Waals surface area contributed by atoms with Crippen molar-refractivity contribution >= 4 is 22.5 Å². The molecule has 0 N–H and O–H groups in total. The Morgan fingerprint density at radius 2 is 1.86 bits per heavy atom. The first-order valence-corrected chi connectivity index (χ1v) is 7.02. The Morgan fingerprint density at radius 3 is 2.67 bits per heavy atom. The van der Waals surface area contributed by atoms with Gasteiger partial charge in [0.15, 0.2) is 0 Å². The van der Waals surface area contributed by atoms with Gasteiger partial charge in [-0.15, -0.1) is 0 Å². The lowest BCUT2D eigenvalue weighted by atomic mass is 10.1. The lowest BCUT2D eigenvalue weighted by molar-refractivity contribution is 0.325. The molecule has 0 radical (unpaired) electrons. The molecule has 106 valence electrons. The standard InChI is InChI=1S/C17H13ClFNO/c18-15-3-1-2-14-16(8-10-20-17(14)15)21-11-9-12-4-6-13(19)7-5-12/h1-8,10H,9,11H2. The third-order valence-electron chi connectivity index (χ3n) is 3.24. The Labute approximate surface area is 127 Å². The second-order valence-corrected chi connectivity index (χ2v) is 5.08. The largest absolute Gasteiger partial charge is 0.492 e. The molecule has 0 fully saturated rings. The molecule has 0 saturated heterocycles. The topological polar surface area (TPSA) is 22.1 Å². The lowest BCUT2D eigenvalue weighted by Crippen LogP contribution is -2.02. The van der Waals surface area contributed by atoms with Crippen molar-refractivity contribution in [1.29, 1.82) is 0 Å². The number of rotatable bonds is 4. The number of halogens is 2. The minimum absolute atomic E-state index is 0.227. The minimum atomic E-state index is -0.227. The normalized spacial score (nSPS) is 10.8. The van der Waals surface area contributed by atoms with Crippen molar-refractivity contribution in [2.24, 2.45) is 0 Å². The van der Waals surface area contributed by atoms with Gasteiger partial charge in [0, 0.05) is 18.0 Å². The van der Waals surface area contributed by atoms with Crippen LogP contribution in [0.2, 0.25) is 5.02 Å². The van der Waals surface area contributed by atoms with E-state index >= 15 is 0 Å². The minimum Gasteiger partial charge on any atom is -0.492 e. The van der Waals surface area contributed by atoms with Crippen molar-refractivity contribution in [3.8, 4) is 5.75 Å². The summed E-state index contributed by atoms with van der Waals surface area (Å²) in [5, 5.41) is 1.50. The highest BCUT2D eigenvalue weighted by Gasteiger charge is 2.05. The highest BCUT2D eigenvalue weighted by atomic mass is 35.5. The van der Waals surface area contributed by atoms with E-state index in [1.165, 1.54) is 12.1 Å². The van der Waals surface area contributed by atoms with E-state index in [2.05, 4.69) is 4.98 Å². The summed E-state index contributed by atoms with van der Waals surface area (Å²) in [6.07, 6.45) is 2.39. The molecule has 0 saturated carbocycles. The van der Waals surface area contributed by atoms with Crippen LogP contribution < -0.4 is 4.74 Å². The summed E-state index contributed by atoms with van der Waals surface area (Å²) < 4.78 is 18.7. The molecule has 0 unspecified atom stereocenters. The van der Waals surface area contributed by atoms with E-state index in [1.807, 2.05) is 18.2 Å². The third kappa shape index (κ3) is 3.14. The molecule has 2 nitrogen and oxygen atoms in total. The number of hydrogen-bond acceptors (Lipinski definition) is 2. The van der Waals surface area contributed by atoms with Crippen LogP contribution in [0.1, 0.15) is 5.56 Å². The number of benzene rings is 2. The van der Waals surface area contributed by atoms with Crippen LogP contribution in [0, 0.1) is 5.82 Å². The van der Waals surface area contributed by atoms with E-state index in [0.29, 0.717) is 18.1 Å². The van der Waals surface area contributed by atoms with Crippen molar-refractivity contribution in [3.63, 3.8) is 0 Å². The van der Waals surface area contributed by atoms with Crippen LogP contribution in [0.5, 0.6) is 5.75 Å². The summed E-state index contributed by atoms with van der Waals surface area (Å²) in [6, 6.07) is 13.9. The number of hydrogen-bond donors (Lipinski definition) is 0. The highest BCUT2D eigenvalue weighted by Crippen LogP contribution is 2.28. The predicted octanol–water partition coefficient (Wildman–Crippen LogP) is 4.65. The Morgan fingerprint density at radius 1 is 1.05 bits per heavy atom. The molecule has 3 rings (SSSR count). The average molecular weight is 302 g/mol. The number of fused-ring (bicyclic) bond motifs is 1. The zero-order chi connectivity index (χ0) is 14.7. The zero-order valence-electron chi connectivity index (χ0n) is 11.2. The number of pyridine rings is 1. The average Bonchev–Trinajstić information content (AvgIpc) is 2.50. The van der Waals surface area contributed by atoms with E-state index in [4.69, 9.17) is 16.3 Å². The lowest BCUT2D eigenvalue weighted by Gasteiger charge is -2.09. The van der Waals surface area contributed by atoms with Gasteiger partial charge in [-0.25, -0.2) is 4.39 Å². The van der Waals surface area contributed by atoms with Crippen LogP contribution in [-0.2, 0) is 6.42 Å². The van der Waals surface area contributed by atoms with Gasteiger partial charge in [0.2, 0.25) is 0 Å². The molecule has 2 aromatic carbocycles. The van der Waals surface area contributed by atoms with E-state index in [0.717, 1.165) is 22.2 Å². The van der Waals surface area contributed by atoms with Gasteiger partial charge < -0.3 is 4.74 Å². The summed E-state index contributed by atoms with van der Waals surface area (Å²) >= 11 is 6.12. The molecule has 0 bridgehead atoms. The first-order valence-electron chi connectivity index (χ1n) is 6.64. The molecule has 0 aliphatic rings. The first kappa shape index (κ1) is 13.8. The molecule has 0 atom stereocenters.